The fraction of sp³-hybridized carbons (Fsp3) is 0.923. The highest BCUT2D eigenvalue weighted by Gasteiger charge is 2.30. The largest absolute Gasteiger partial charge is 0.379 e. The molecule has 1 atom stereocenters. The van der Waals surface area contributed by atoms with Crippen molar-refractivity contribution in [3.8, 4) is 0 Å². The fourth-order valence-electron chi connectivity index (χ4n) is 2.60. The summed E-state index contributed by atoms with van der Waals surface area (Å²) >= 11 is 0. The van der Waals surface area contributed by atoms with Gasteiger partial charge in [-0.25, -0.2) is 0 Å². The first kappa shape index (κ1) is 13.8. The number of amides is 1. The molecule has 2 saturated heterocycles. The summed E-state index contributed by atoms with van der Waals surface area (Å²) in [6.07, 6.45) is 2.04. The SMILES string of the molecule is CCCOCC(=O)N1CCC(N2CCOCC2)C1. The van der Waals surface area contributed by atoms with Crippen molar-refractivity contribution in [1.29, 1.82) is 0 Å². The van der Waals surface area contributed by atoms with Gasteiger partial charge in [0.2, 0.25) is 5.91 Å². The van der Waals surface area contributed by atoms with E-state index in [-0.39, 0.29) is 12.5 Å². The molecular formula is C13H24N2O3. The standard InChI is InChI=1S/C13H24N2O3/c1-2-7-18-11-13(16)15-4-3-12(10-15)14-5-8-17-9-6-14/h12H,2-11H2,1H3. The maximum atomic E-state index is 11.9. The molecule has 2 aliphatic heterocycles. The van der Waals surface area contributed by atoms with E-state index in [1.165, 1.54) is 0 Å². The van der Waals surface area contributed by atoms with Gasteiger partial charge < -0.3 is 14.4 Å². The van der Waals surface area contributed by atoms with E-state index in [9.17, 15) is 4.79 Å². The average molecular weight is 256 g/mol. The third-order valence-corrected chi connectivity index (χ3v) is 3.65. The lowest BCUT2D eigenvalue weighted by molar-refractivity contribution is -0.135. The Kier molecular flexibility index (Phi) is 5.41. The molecule has 18 heavy (non-hydrogen) atoms. The van der Waals surface area contributed by atoms with Crippen molar-refractivity contribution >= 4 is 5.91 Å². The number of hydrogen-bond donors (Lipinski definition) is 0. The number of nitrogens with zero attached hydrogens (tertiary/aromatic N) is 2. The maximum absolute atomic E-state index is 11.9. The number of carbonyl (C=O) groups excluding carboxylic acids is 1. The molecule has 2 fully saturated rings. The average Bonchev–Trinajstić information content (AvgIpc) is 2.89. The summed E-state index contributed by atoms with van der Waals surface area (Å²) in [5.74, 6) is 0.138. The Morgan fingerprint density at radius 1 is 1.33 bits per heavy atom. The number of likely N-dealkylation sites (tertiary alicyclic amines) is 1. The minimum Gasteiger partial charge on any atom is -0.379 e. The van der Waals surface area contributed by atoms with E-state index < -0.39 is 0 Å². The van der Waals surface area contributed by atoms with E-state index in [1.807, 2.05) is 4.90 Å². The molecule has 104 valence electrons. The second-order valence-corrected chi connectivity index (χ2v) is 4.98. The zero-order valence-corrected chi connectivity index (χ0v) is 11.3. The van der Waals surface area contributed by atoms with Crippen LogP contribution < -0.4 is 0 Å². The van der Waals surface area contributed by atoms with Crippen LogP contribution in [0.4, 0.5) is 0 Å². The molecule has 0 spiro atoms. The Balaban J connectivity index is 1.71. The normalized spacial score (nSPS) is 25.6. The van der Waals surface area contributed by atoms with Crippen LogP contribution in [0.3, 0.4) is 0 Å². The van der Waals surface area contributed by atoms with Gasteiger partial charge in [-0.05, 0) is 12.8 Å². The minimum absolute atomic E-state index is 0.138. The molecule has 0 radical (unpaired) electrons. The highest BCUT2D eigenvalue weighted by molar-refractivity contribution is 5.77. The molecule has 1 amide bonds. The van der Waals surface area contributed by atoms with Crippen molar-refractivity contribution in [2.75, 3.05) is 52.6 Å². The molecule has 2 rings (SSSR count). The lowest BCUT2D eigenvalue weighted by atomic mass is 10.2. The second-order valence-electron chi connectivity index (χ2n) is 4.98. The first-order chi connectivity index (χ1) is 8.81. The maximum Gasteiger partial charge on any atom is 0.248 e. The van der Waals surface area contributed by atoms with Crippen LogP contribution in [0.5, 0.6) is 0 Å². The fourth-order valence-corrected chi connectivity index (χ4v) is 2.60. The molecule has 0 N–H and O–H groups in total. The molecule has 0 aliphatic carbocycles. The monoisotopic (exact) mass is 256 g/mol. The van der Waals surface area contributed by atoms with Gasteiger partial charge in [0.05, 0.1) is 13.2 Å². The van der Waals surface area contributed by atoms with E-state index in [4.69, 9.17) is 9.47 Å². The summed E-state index contributed by atoms with van der Waals surface area (Å²) in [5.41, 5.74) is 0. The summed E-state index contributed by atoms with van der Waals surface area (Å²) in [4.78, 5) is 16.3. The molecule has 1 unspecified atom stereocenters. The van der Waals surface area contributed by atoms with Gasteiger partial charge in [-0.1, -0.05) is 6.92 Å². The molecule has 2 heterocycles. The van der Waals surface area contributed by atoms with Crippen LogP contribution in [0.15, 0.2) is 0 Å². The van der Waals surface area contributed by atoms with Gasteiger partial charge in [0, 0.05) is 38.8 Å². The topological polar surface area (TPSA) is 42.0 Å². The highest BCUT2D eigenvalue weighted by atomic mass is 16.5. The van der Waals surface area contributed by atoms with Gasteiger partial charge in [0.15, 0.2) is 0 Å². The Hall–Kier alpha value is -0.650. The van der Waals surface area contributed by atoms with Gasteiger partial charge in [0.25, 0.3) is 0 Å². The molecule has 5 nitrogen and oxygen atoms in total. The van der Waals surface area contributed by atoms with Crippen LogP contribution in [-0.2, 0) is 14.3 Å². The Morgan fingerprint density at radius 3 is 2.83 bits per heavy atom. The smallest absolute Gasteiger partial charge is 0.248 e. The zero-order valence-electron chi connectivity index (χ0n) is 11.3. The Bertz CT molecular complexity index is 267. The van der Waals surface area contributed by atoms with Crippen LogP contribution in [0, 0.1) is 0 Å². The quantitative estimate of drug-likeness (QED) is 0.666. The van der Waals surface area contributed by atoms with E-state index in [2.05, 4.69) is 11.8 Å². The second kappa shape index (κ2) is 7.07. The van der Waals surface area contributed by atoms with Crippen LogP contribution in [0.1, 0.15) is 19.8 Å². The predicted molar refractivity (Wildman–Crippen MR) is 68.5 cm³/mol. The van der Waals surface area contributed by atoms with Gasteiger partial charge in [-0.3, -0.25) is 9.69 Å². The number of hydrogen-bond acceptors (Lipinski definition) is 4. The zero-order chi connectivity index (χ0) is 12.8. The van der Waals surface area contributed by atoms with E-state index in [1.54, 1.807) is 0 Å². The molecule has 2 aliphatic rings. The molecule has 0 bridgehead atoms. The Morgan fingerprint density at radius 2 is 2.11 bits per heavy atom. The van der Waals surface area contributed by atoms with Gasteiger partial charge in [-0.2, -0.15) is 0 Å². The van der Waals surface area contributed by atoms with E-state index >= 15 is 0 Å². The number of ether oxygens (including phenoxy) is 2. The molecule has 0 aromatic heterocycles. The van der Waals surface area contributed by atoms with E-state index in [0.717, 1.165) is 52.2 Å². The molecule has 5 heteroatoms. The molecule has 0 saturated carbocycles. The lowest BCUT2D eigenvalue weighted by Crippen LogP contribution is -2.45. The number of morpholine rings is 1. The summed E-state index contributed by atoms with van der Waals surface area (Å²) in [7, 11) is 0. The van der Waals surface area contributed by atoms with Crippen LogP contribution in [0.2, 0.25) is 0 Å². The summed E-state index contributed by atoms with van der Waals surface area (Å²) in [5, 5.41) is 0. The first-order valence-electron chi connectivity index (χ1n) is 6.98. The van der Waals surface area contributed by atoms with Gasteiger partial charge in [-0.15, -0.1) is 0 Å². The van der Waals surface area contributed by atoms with Crippen molar-refractivity contribution < 1.29 is 14.3 Å². The summed E-state index contributed by atoms with van der Waals surface area (Å²) in [6, 6.07) is 0.518. The third-order valence-electron chi connectivity index (χ3n) is 3.65. The van der Waals surface area contributed by atoms with Crippen molar-refractivity contribution in [3.05, 3.63) is 0 Å². The lowest BCUT2D eigenvalue weighted by Gasteiger charge is -2.32. The molecular weight excluding hydrogens is 232 g/mol. The van der Waals surface area contributed by atoms with Crippen LogP contribution in [0.25, 0.3) is 0 Å². The third kappa shape index (κ3) is 3.67. The van der Waals surface area contributed by atoms with Crippen molar-refractivity contribution in [3.63, 3.8) is 0 Å². The summed E-state index contributed by atoms with van der Waals surface area (Å²) in [6.45, 7) is 8.34. The van der Waals surface area contributed by atoms with Gasteiger partial charge in [0.1, 0.15) is 6.61 Å². The van der Waals surface area contributed by atoms with E-state index in [0.29, 0.717) is 12.6 Å². The predicted octanol–water partition coefficient (Wildman–Crippen LogP) is 0.346. The Labute approximate surface area is 109 Å². The minimum atomic E-state index is 0.138. The van der Waals surface area contributed by atoms with Gasteiger partial charge >= 0.3 is 0 Å². The van der Waals surface area contributed by atoms with Crippen LogP contribution >= 0.6 is 0 Å². The number of carbonyl (C=O) groups is 1. The van der Waals surface area contributed by atoms with Crippen molar-refractivity contribution in [2.24, 2.45) is 0 Å². The number of rotatable bonds is 5. The molecule has 0 aromatic carbocycles. The first-order valence-corrected chi connectivity index (χ1v) is 6.98. The van der Waals surface area contributed by atoms with Crippen molar-refractivity contribution in [1.82, 2.24) is 9.80 Å². The van der Waals surface area contributed by atoms with Crippen molar-refractivity contribution in [2.45, 2.75) is 25.8 Å². The summed E-state index contributed by atoms with van der Waals surface area (Å²) < 4.78 is 10.7. The highest BCUT2D eigenvalue weighted by Crippen LogP contribution is 2.17. The molecule has 0 aromatic rings. The van der Waals surface area contributed by atoms with Crippen LogP contribution in [-0.4, -0.2) is 74.4 Å².